The van der Waals surface area contributed by atoms with E-state index in [1.807, 2.05) is 18.7 Å². The second-order valence-corrected chi connectivity index (χ2v) is 12.4. The van der Waals surface area contributed by atoms with Gasteiger partial charge in [0.1, 0.15) is 24.1 Å². The first-order valence-electron chi connectivity index (χ1n) is 14.9. The van der Waals surface area contributed by atoms with Crippen molar-refractivity contribution in [1.29, 1.82) is 0 Å². The van der Waals surface area contributed by atoms with Gasteiger partial charge in [-0.1, -0.05) is 18.2 Å². The minimum absolute atomic E-state index is 0.0604. The van der Waals surface area contributed by atoms with Crippen LogP contribution in [0.15, 0.2) is 41.7 Å². The number of carbonyl (C=O) groups excluding carboxylic acids is 1. The maximum Gasteiger partial charge on any atom is 0.350 e. The van der Waals surface area contributed by atoms with E-state index in [0.717, 1.165) is 38.1 Å². The molecule has 4 heterocycles. The summed E-state index contributed by atoms with van der Waals surface area (Å²) in [5.41, 5.74) is 0.229. The average molecular weight is 628 g/mol. The van der Waals surface area contributed by atoms with E-state index < -0.39 is 23.4 Å². The number of anilines is 1. The molecule has 3 aromatic rings. The van der Waals surface area contributed by atoms with Crippen LogP contribution < -0.4 is 15.3 Å². The number of aromatic nitrogens is 2. The van der Waals surface area contributed by atoms with Crippen LogP contribution in [0.2, 0.25) is 5.02 Å². The normalized spacial score (nSPS) is 22.7. The lowest BCUT2D eigenvalue weighted by molar-refractivity contribution is -0.128. The summed E-state index contributed by atoms with van der Waals surface area (Å²) in [6.45, 7) is 10.5. The maximum absolute atomic E-state index is 15.2. The number of likely N-dealkylation sites (tertiary alicyclic amines) is 1. The molecule has 0 bridgehead atoms. The zero-order valence-electron chi connectivity index (χ0n) is 25.1. The Morgan fingerprint density at radius 2 is 1.93 bits per heavy atom. The van der Waals surface area contributed by atoms with Gasteiger partial charge in [-0.3, -0.25) is 9.36 Å². The van der Waals surface area contributed by atoms with Gasteiger partial charge < -0.3 is 24.2 Å². The Bertz CT molecular complexity index is 1670. The quantitative estimate of drug-likeness (QED) is 0.368. The summed E-state index contributed by atoms with van der Waals surface area (Å²) in [5, 5.41) is 0.732. The Hall–Kier alpha value is -3.54. The van der Waals surface area contributed by atoms with Crippen molar-refractivity contribution in [2.45, 2.75) is 50.9 Å². The maximum atomic E-state index is 15.2. The molecule has 3 aliphatic rings. The highest BCUT2D eigenvalue weighted by Gasteiger charge is 2.36. The lowest BCUT2D eigenvalue weighted by Crippen LogP contribution is -2.58. The summed E-state index contributed by atoms with van der Waals surface area (Å²) in [6.07, 6.45) is 3.15. The number of piperidine rings is 1. The molecule has 6 rings (SSSR count). The van der Waals surface area contributed by atoms with Crippen molar-refractivity contribution in [2.75, 3.05) is 51.3 Å². The van der Waals surface area contributed by atoms with Crippen LogP contribution in [0.5, 0.6) is 5.75 Å². The topological polar surface area (TPSA) is 80.1 Å². The largest absolute Gasteiger partial charge is 0.488 e. The van der Waals surface area contributed by atoms with Crippen LogP contribution in [0, 0.1) is 11.6 Å². The van der Waals surface area contributed by atoms with Gasteiger partial charge in [-0.2, -0.15) is 4.98 Å². The molecule has 2 fully saturated rings. The molecule has 0 spiro atoms. The smallest absolute Gasteiger partial charge is 0.350 e. The van der Waals surface area contributed by atoms with Gasteiger partial charge in [0.05, 0.1) is 29.3 Å². The summed E-state index contributed by atoms with van der Waals surface area (Å²) < 4.78 is 43.2. The fraction of sp³-hybridized carbons (Fsp3) is 0.469. The fourth-order valence-electron chi connectivity index (χ4n) is 6.59. The highest BCUT2D eigenvalue weighted by Crippen LogP contribution is 2.47. The van der Waals surface area contributed by atoms with Gasteiger partial charge >= 0.3 is 5.69 Å². The minimum Gasteiger partial charge on any atom is -0.488 e. The van der Waals surface area contributed by atoms with Gasteiger partial charge in [0.25, 0.3) is 0 Å². The van der Waals surface area contributed by atoms with Gasteiger partial charge in [0.2, 0.25) is 5.91 Å². The number of piperazine rings is 1. The predicted molar refractivity (Wildman–Crippen MR) is 166 cm³/mol. The van der Waals surface area contributed by atoms with Crippen molar-refractivity contribution in [3.8, 4) is 16.9 Å². The number of amides is 1. The van der Waals surface area contributed by atoms with E-state index >= 15 is 4.39 Å². The molecular formula is C32H36ClF2N5O4. The summed E-state index contributed by atoms with van der Waals surface area (Å²) >= 11 is 6.85. The molecular weight excluding hydrogens is 592 g/mol. The third kappa shape index (κ3) is 5.46. The monoisotopic (exact) mass is 627 g/mol. The van der Waals surface area contributed by atoms with Crippen molar-refractivity contribution in [3.05, 3.63) is 64.1 Å². The summed E-state index contributed by atoms with van der Waals surface area (Å²) in [4.78, 5) is 37.0. The zero-order chi connectivity index (χ0) is 31.3. The predicted octanol–water partition coefficient (Wildman–Crippen LogP) is 4.65. The lowest BCUT2D eigenvalue weighted by atomic mass is 9.99. The number of hydrogen-bond donors (Lipinski definition) is 0. The van der Waals surface area contributed by atoms with E-state index in [9.17, 15) is 14.0 Å². The second kappa shape index (κ2) is 12.1. The van der Waals surface area contributed by atoms with E-state index in [1.165, 1.54) is 12.1 Å². The Labute approximate surface area is 259 Å². The number of rotatable bonds is 6. The Morgan fingerprint density at radius 3 is 2.64 bits per heavy atom. The molecule has 3 aliphatic heterocycles. The van der Waals surface area contributed by atoms with Crippen molar-refractivity contribution in [3.63, 3.8) is 0 Å². The molecule has 0 aliphatic carbocycles. The fourth-order valence-corrected chi connectivity index (χ4v) is 6.89. The molecule has 44 heavy (non-hydrogen) atoms. The molecule has 234 valence electrons. The van der Waals surface area contributed by atoms with E-state index in [4.69, 9.17) is 21.1 Å². The van der Waals surface area contributed by atoms with E-state index in [2.05, 4.69) is 23.5 Å². The molecule has 1 aromatic heterocycles. The van der Waals surface area contributed by atoms with E-state index in [0.29, 0.717) is 29.8 Å². The standard InChI is InChI=1S/C32H36ClF2N5O4/c1-5-27(41)38-14-19(3)39(15-18(38)2)31-24-13-25(33)28(23-7-6-20(34)12-26(23)35)30-29(24)40(32(42)36-31)21(17-44-30)16-43-22-8-10-37(4)11-9-22/h5-7,12-13,18-19,21-22H,1,8-11,14-17H2,2-4H3/t18-,19+,21-/m1/s1. The van der Waals surface area contributed by atoms with Crippen LogP contribution in [-0.4, -0.2) is 89.9 Å². The Morgan fingerprint density at radius 1 is 1.18 bits per heavy atom. The highest BCUT2D eigenvalue weighted by atomic mass is 35.5. The molecule has 0 saturated carbocycles. The molecule has 9 nitrogen and oxygen atoms in total. The third-order valence-corrected chi connectivity index (χ3v) is 9.29. The number of carbonyl (C=O) groups is 1. The van der Waals surface area contributed by atoms with Crippen LogP contribution in [0.25, 0.3) is 22.0 Å². The van der Waals surface area contributed by atoms with Crippen LogP contribution in [0.1, 0.15) is 32.7 Å². The lowest BCUT2D eigenvalue weighted by Gasteiger charge is -2.45. The van der Waals surface area contributed by atoms with E-state index in [-0.39, 0.29) is 59.2 Å². The van der Waals surface area contributed by atoms with Crippen molar-refractivity contribution in [1.82, 2.24) is 19.4 Å². The summed E-state index contributed by atoms with van der Waals surface area (Å²) in [5.74, 6) is -1.04. The molecule has 0 unspecified atom stereocenters. The number of halogens is 3. The van der Waals surface area contributed by atoms with Gasteiger partial charge in [0, 0.05) is 60.8 Å². The first-order chi connectivity index (χ1) is 21.1. The second-order valence-electron chi connectivity index (χ2n) is 12.0. The minimum atomic E-state index is -0.799. The van der Waals surface area contributed by atoms with Crippen LogP contribution in [0.4, 0.5) is 14.6 Å². The van der Waals surface area contributed by atoms with Crippen LogP contribution >= 0.6 is 11.6 Å². The first-order valence-corrected chi connectivity index (χ1v) is 15.3. The first kappa shape index (κ1) is 30.5. The molecule has 2 saturated heterocycles. The third-order valence-electron chi connectivity index (χ3n) is 8.99. The van der Waals surface area contributed by atoms with Crippen molar-refractivity contribution in [2.24, 2.45) is 0 Å². The SMILES string of the molecule is C=CC(=O)N1C[C@H](C)N(c2nc(=O)n3c4c(c(-c5ccc(F)cc5F)c(Cl)cc24)OC[C@H]3COC2CCN(C)CC2)C[C@H]1C. The number of nitrogens with zero attached hydrogens (tertiary/aromatic N) is 5. The van der Waals surface area contributed by atoms with Gasteiger partial charge in [0.15, 0.2) is 5.75 Å². The molecule has 2 aromatic carbocycles. The molecule has 1 amide bonds. The van der Waals surface area contributed by atoms with Crippen LogP contribution in [0.3, 0.4) is 0 Å². The Balaban J connectivity index is 1.48. The zero-order valence-corrected chi connectivity index (χ0v) is 25.8. The summed E-state index contributed by atoms with van der Waals surface area (Å²) in [7, 11) is 2.08. The molecule has 0 N–H and O–H groups in total. The van der Waals surface area contributed by atoms with Gasteiger partial charge in [-0.15, -0.1) is 0 Å². The van der Waals surface area contributed by atoms with Crippen molar-refractivity contribution >= 4 is 34.2 Å². The van der Waals surface area contributed by atoms with Gasteiger partial charge in [-0.25, -0.2) is 13.6 Å². The van der Waals surface area contributed by atoms with Crippen molar-refractivity contribution < 1.29 is 23.0 Å². The average Bonchev–Trinajstić information content (AvgIpc) is 3.00. The molecule has 0 radical (unpaired) electrons. The van der Waals surface area contributed by atoms with E-state index in [1.54, 1.807) is 15.5 Å². The van der Waals surface area contributed by atoms with Crippen LogP contribution in [-0.2, 0) is 9.53 Å². The highest BCUT2D eigenvalue weighted by molar-refractivity contribution is 6.35. The number of benzene rings is 2. The molecule has 3 atom stereocenters. The Kier molecular flexibility index (Phi) is 8.38. The summed E-state index contributed by atoms with van der Waals surface area (Å²) in [6, 6.07) is 4.08. The number of ether oxygens (including phenoxy) is 2. The molecule has 12 heteroatoms. The number of hydrogen-bond acceptors (Lipinski definition) is 7. The van der Waals surface area contributed by atoms with Gasteiger partial charge in [-0.05, 0) is 58.0 Å².